The summed E-state index contributed by atoms with van der Waals surface area (Å²) in [5.41, 5.74) is -4.15. The van der Waals surface area contributed by atoms with E-state index in [0.717, 1.165) is 57.4 Å². The van der Waals surface area contributed by atoms with Gasteiger partial charge in [-0.2, -0.15) is 0 Å². The minimum absolute atomic E-state index is 0.0414. The van der Waals surface area contributed by atoms with Gasteiger partial charge < -0.3 is 19.5 Å². The van der Waals surface area contributed by atoms with Gasteiger partial charge in [0.25, 0.3) is 0 Å². The van der Waals surface area contributed by atoms with Gasteiger partial charge in [0, 0.05) is 48.8 Å². The van der Waals surface area contributed by atoms with Crippen molar-refractivity contribution in [1.29, 1.82) is 0 Å². The fourth-order valence-corrected chi connectivity index (χ4v) is 10.4. The van der Waals surface area contributed by atoms with Crippen molar-refractivity contribution in [2.75, 3.05) is 39.8 Å². The second-order valence-corrected chi connectivity index (χ2v) is 14.7. The Morgan fingerprint density at radius 3 is 2.56 bits per heavy atom. The summed E-state index contributed by atoms with van der Waals surface area (Å²) in [6.07, 6.45) is 10.0. The Hall–Kier alpha value is -1.45. The van der Waals surface area contributed by atoms with Crippen LogP contribution in [0.15, 0.2) is 23.8 Å². The molecule has 41 heavy (non-hydrogen) atoms. The molecule has 1 N–H and O–H groups in total. The van der Waals surface area contributed by atoms with E-state index in [2.05, 4.69) is 23.8 Å². The Kier molecular flexibility index (Phi) is 6.76. The summed E-state index contributed by atoms with van der Waals surface area (Å²) in [7, 11) is 2.11. The van der Waals surface area contributed by atoms with E-state index in [-0.39, 0.29) is 29.8 Å². The Labute approximate surface area is 243 Å². The summed E-state index contributed by atoms with van der Waals surface area (Å²) in [4.78, 5) is 31.4. The fraction of sp³-hybridized carbons (Fsp3) is 0.818. The summed E-state index contributed by atoms with van der Waals surface area (Å²) in [5, 5.41) is 11.9. The molecule has 2 heterocycles. The number of fused-ring (bicyclic) bond motifs is 7. The van der Waals surface area contributed by atoms with Gasteiger partial charge in [0.15, 0.2) is 29.1 Å². The highest BCUT2D eigenvalue weighted by atomic mass is 19.1. The first-order valence-electron chi connectivity index (χ1n) is 16.1. The second kappa shape index (κ2) is 9.78. The van der Waals surface area contributed by atoms with Crippen molar-refractivity contribution >= 4 is 11.6 Å². The Morgan fingerprint density at radius 2 is 1.83 bits per heavy atom. The standard InChI is InChI=1S/C33H47FN2O5/c1-30-12-11-23(37)17-22(30)9-10-24-25-18-28-33(31(25,2)19-26(38)32(24,30)34,27(39)20-36-15-13-35(3)14-16-36)41-29(40-28)21-7-5-4-6-8-21/h11-12,17,21,24-26,28-29,38H,4-10,13-16,18-20H2,1-3H3/t24-,25-,26-,28+,29+,30-,31-,32-,33+/m0/s1. The van der Waals surface area contributed by atoms with E-state index < -0.39 is 46.5 Å². The van der Waals surface area contributed by atoms with Crippen molar-refractivity contribution in [2.24, 2.45) is 28.6 Å². The molecule has 0 unspecified atom stereocenters. The van der Waals surface area contributed by atoms with Gasteiger partial charge in [-0.3, -0.25) is 14.5 Å². The molecular weight excluding hydrogens is 523 g/mol. The summed E-state index contributed by atoms with van der Waals surface area (Å²) in [6.45, 7) is 7.71. The number of ether oxygens (including phenoxy) is 2. The number of carbonyl (C=O) groups excluding carboxylic acids is 2. The van der Waals surface area contributed by atoms with Gasteiger partial charge in [0.05, 0.1) is 18.8 Å². The summed E-state index contributed by atoms with van der Waals surface area (Å²) in [5.74, 6) is -0.442. The molecule has 0 aromatic rings. The zero-order chi connectivity index (χ0) is 28.8. The van der Waals surface area contributed by atoms with Crippen LogP contribution in [-0.2, 0) is 19.1 Å². The number of carbonyl (C=O) groups is 2. The highest BCUT2D eigenvalue weighted by Gasteiger charge is 2.79. The lowest BCUT2D eigenvalue weighted by Gasteiger charge is -2.62. The number of piperazine rings is 1. The van der Waals surface area contributed by atoms with Crippen LogP contribution < -0.4 is 0 Å². The maximum atomic E-state index is 17.7. The summed E-state index contributed by atoms with van der Waals surface area (Å²) < 4.78 is 31.5. The van der Waals surface area contributed by atoms with E-state index in [1.165, 1.54) is 12.5 Å². The number of nitrogens with zero attached hydrogens (tertiary/aromatic N) is 2. The number of hydrogen-bond donors (Lipinski definition) is 1. The van der Waals surface area contributed by atoms with Crippen LogP contribution >= 0.6 is 0 Å². The lowest BCUT2D eigenvalue weighted by atomic mass is 9.44. The van der Waals surface area contributed by atoms with Crippen LogP contribution in [0.1, 0.15) is 71.6 Å². The third kappa shape index (κ3) is 3.86. The number of aliphatic hydroxyl groups excluding tert-OH is 1. The number of alkyl halides is 1. The first-order chi connectivity index (χ1) is 19.5. The van der Waals surface area contributed by atoms with E-state index in [4.69, 9.17) is 9.47 Å². The van der Waals surface area contributed by atoms with E-state index in [0.29, 0.717) is 25.8 Å². The Morgan fingerprint density at radius 1 is 1.10 bits per heavy atom. The minimum atomic E-state index is -1.93. The summed E-state index contributed by atoms with van der Waals surface area (Å²) in [6, 6.07) is 0. The van der Waals surface area contributed by atoms with E-state index in [1.807, 2.05) is 6.92 Å². The molecule has 5 aliphatic carbocycles. The van der Waals surface area contributed by atoms with Crippen LogP contribution in [0.25, 0.3) is 0 Å². The molecule has 7 nitrogen and oxygen atoms in total. The van der Waals surface area contributed by atoms with Gasteiger partial charge >= 0.3 is 0 Å². The topological polar surface area (TPSA) is 79.3 Å². The molecule has 0 spiro atoms. The van der Waals surface area contributed by atoms with Gasteiger partial charge in [-0.25, -0.2) is 4.39 Å². The maximum absolute atomic E-state index is 17.7. The average molecular weight is 571 g/mol. The molecule has 0 radical (unpaired) electrons. The summed E-state index contributed by atoms with van der Waals surface area (Å²) >= 11 is 0. The first kappa shape index (κ1) is 28.3. The third-order valence-electron chi connectivity index (χ3n) is 12.8. The van der Waals surface area contributed by atoms with E-state index >= 15 is 4.39 Å². The Bertz CT molecular complexity index is 1160. The van der Waals surface area contributed by atoms with Crippen LogP contribution in [-0.4, -0.2) is 96.0 Å². The van der Waals surface area contributed by atoms with Crippen molar-refractivity contribution in [3.8, 4) is 0 Å². The van der Waals surface area contributed by atoms with Crippen LogP contribution in [0.4, 0.5) is 4.39 Å². The number of likely N-dealkylation sites (N-methyl/N-ethyl adjacent to an activating group) is 1. The van der Waals surface area contributed by atoms with Gasteiger partial charge in [-0.15, -0.1) is 0 Å². The average Bonchev–Trinajstić information content (AvgIpc) is 3.45. The number of halogens is 1. The molecular formula is C33H47FN2O5. The number of ketones is 2. The molecule has 9 atom stereocenters. The quantitative estimate of drug-likeness (QED) is 0.550. The molecule has 226 valence electrons. The molecule has 8 heteroatoms. The predicted molar refractivity (Wildman–Crippen MR) is 152 cm³/mol. The normalized spacial score (nSPS) is 48.8. The molecule has 2 aliphatic heterocycles. The van der Waals surface area contributed by atoms with Crippen LogP contribution in [0.2, 0.25) is 0 Å². The molecule has 7 aliphatic rings. The first-order valence-corrected chi connectivity index (χ1v) is 16.1. The van der Waals surface area contributed by atoms with Crippen molar-refractivity contribution in [3.05, 3.63) is 23.8 Å². The number of rotatable bonds is 4. The van der Waals surface area contributed by atoms with Gasteiger partial charge in [0.1, 0.15) is 0 Å². The van der Waals surface area contributed by atoms with Crippen molar-refractivity contribution in [1.82, 2.24) is 9.80 Å². The molecule has 7 rings (SSSR count). The van der Waals surface area contributed by atoms with Gasteiger partial charge in [-0.05, 0) is 70.6 Å². The van der Waals surface area contributed by atoms with Crippen molar-refractivity contribution in [3.63, 3.8) is 0 Å². The zero-order valence-electron chi connectivity index (χ0n) is 24.9. The predicted octanol–water partition coefficient (Wildman–Crippen LogP) is 3.84. The smallest absolute Gasteiger partial charge is 0.181 e. The molecule has 0 bridgehead atoms. The monoisotopic (exact) mass is 570 g/mol. The highest BCUT2D eigenvalue weighted by Crippen LogP contribution is 2.72. The zero-order valence-corrected chi connectivity index (χ0v) is 24.9. The lowest BCUT2D eigenvalue weighted by molar-refractivity contribution is -0.235. The van der Waals surface area contributed by atoms with Crippen LogP contribution in [0, 0.1) is 28.6 Å². The number of hydrogen-bond acceptors (Lipinski definition) is 7. The molecule has 4 saturated carbocycles. The number of allylic oxidation sites excluding steroid dienone is 4. The number of aliphatic hydroxyl groups is 1. The molecule has 0 aromatic carbocycles. The van der Waals surface area contributed by atoms with E-state index in [9.17, 15) is 14.7 Å². The molecule has 0 amide bonds. The Balaban J connectivity index is 1.25. The van der Waals surface area contributed by atoms with E-state index in [1.54, 1.807) is 12.2 Å². The molecule has 0 aromatic heterocycles. The van der Waals surface area contributed by atoms with Gasteiger partial charge in [0.2, 0.25) is 0 Å². The van der Waals surface area contributed by atoms with Crippen molar-refractivity contribution < 1.29 is 28.6 Å². The lowest BCUT2D eigenvalue weighted by Crippen LogP contribution is -2.70. The third-order valence-corrected chi connectivity index (χ3v) is 12.8. The van der Waals surface area contributed by atoms with Crippen LogP contribution in [0.3, 0.4) is 0 Å². The highest BCUT2D eigenvalue weighted by molar-refractivity contribution is 6.01. The van der Waals surface area contributed by atoms with Crippen molar-refractivity contribution in [2.45, 2.75) is 101 Å². The molecule has 6 fully saturated rings. The number of Topliss-reactive ketones (excluding diaryl/α,β-unsaturated/α-hetero) is 1. The SMILES string of the molecule is CN1CCN(CC(=O)[C@@]23O[C@H](C4CCCCC4)O[C@@H]2C[C@H]2[C@@H]4CCC5=CC(=O)C=C[C@]5(C)[C@@]4(F)[C@@H](O)C[C@@]23C)CC1. The van der Waals surface area contributed by atoms with Crippen LogP contribution in [0.5, 0.6) is 0 Å². The fourth-order valence-electron chi connectivity index (χ4n) is 10.4. The second-order valence-electron chi connectivity index (χ2n) is 14.7. The minimum Gasteiger partial charge on any atom is -0.390 e. The molecule has 2 saturated heterocycles. The maximum Gasteiger partial charge on any atom is 0.181 e. The largest absolute Gasteiger partial charge is 0.390 e. The van der Waals surface area contributed by atoms with Gasteiger partial charge in [-0.1, -0.05) is 37.8 Å².